The summed E-state index contributed by atoms with van der Waals surface area (Å²) in [5.74, 6) is -12.2. The van der Waals surface area contributed by atoms with Crippen molar-refractivity contribution in [3.05, 3.63) is 68.0 Å². The second-order valence-corrected chi connectivity index (χ2v) is 7.14. The smallest absolute Gasteiger partial charge is 0.364 e. The third-order valence-electron chi connectivity index (χ3n) is 3.63. The van der Waals surface area contributed by atoms with E-state index in [1.807, 2.05) is 0 Å². The first-order chi connectivity index (χ1) is 13.5. The number of hydrogen-bond donors (Lipinski definition) is 0. The molecule has 0 aliphatic heterocycles. The fourth-order valence-electron chi connectivity index (χ4n) is 2.20. The summed E-state index contributed by atoms with van der Waals surface area (Å²) in [5.41, 5.74) is -1.78. The minimum Gasteiger partial charge on any atom is -0.493 e. The van der Waals surface area contributed by atoms with Crippen molar-refractivity contribution in [3.63, 3.8) is 0 Å². The molecule has 2 rings (SSSR count). The number of rotatable bonds is 6. The fraction of sp³-hybridized carbons (Fsp3) is 0.125. The average Bonchev–Trinajstić information content (AvgIpc) is 2.69. The predicted molar refractivity (Wildman–Crippen MR) is 87.9 cm³/mol. The molecule has 0 atom stereocenters. The van der Waals surface area contributed by atoms with Crippen LogP contribution >= 0.6 is 0 Å². The van der Waals surface area contributed by atoms with Crippen LogP contribution in [0.25, 0.3) is 6.08 Å². The predicted octanol–water partition coefficient (Wildman–Crippen LogP) is 3.45. The molecule has 29 heavy (non-hydrogen) atoms. The van der Waals surface area contributed by atoms with Crippen molar-refractivity contribution in [2.24, 2.45) is 0 Å². The highest BCUT2D eigenvalue weighted by molar-refractivity contribution is 7.95. The molecule has 2 aromatic rings. The third-order valence-corrected chi connectivity index (χ3v) is 5.32. The Morgan fingerprint density at radius 3 is 1.86 bits per heavy atom. The number of sulfone groups is 1. The normalized spacial score (nSPS) is 12.0. The van der Waals surface area contributed by atoms with E-state index in [0.717, 1.165) is 25.3 Å². The Hall–Kier alpha value is -3.22. The Labute approximate surface area is 160 Å². The van der Waals surface area contributed by atoms with E-state index in [0.29, 0.717) is 0 Å². The third kappa shape index (κ3) is 3.85. The van der Waals surface area contributed by atoms with Gasteiger partial charge in [0, 0.05) is 12.1 Å². The maximum Gasteiger partial charge on any atom is 0.364 e. The van der Waals surface area contributed by atoms with E-state index in [4.69, 9.17) is 9.47 Å². The van der Waals surface area contributed by atoms with Crippen molar-refractivity contribution in [1.29, 1.82) is 0 Å². The molecule has 0 N–H and O–H groups in total. The molecule has 13 heteroatoms. The molecule has 0 saturated heterocycles. The van der Waals surface area contributed by atoms with E-state index < -0.39 is 59.3 Å². The lowest BCUT2D eigenvalue weighted by Crippen LogP contribution is -2.14. The van der Waals surface area contributed by atoms with Gasteiger partial charge < -0.3 is 9.47 Å². The largest absolute Gasteiger partial charge is 0.493 e. The molecule has 0 aliphatic rings. The molecule has 0 heterocycles. The van der Waals surface area contributed by atoms with Gasteiger partial charge in [-0.2, -0.15) is 0 Å². The average molecular weight is 439 g/mol. The first-order valence-corrected chi connectivity index (χ1v) is 8.80. The number of hydrogen-bond acceptors (Lipinski definition) is 6. The summed E-state index contributed by atoms with van der Waals surface area (Å²) >= 11 is 0. The van der Waals surface area contributed by atoms with Gasteiger partial charge in [-0.1, -0.05) is 0 Å². The molecule has 156 valence electrons. The molecule has 0 radical (unpaired) electrons. The summed E-state index contributed by atoms with van der Waals surface area (Å²) in [7, 11) is -2.69. The van der Waals surface area contributed by atoms with Crippen LogP contribution in [0, 0.1) is 39.2 Å². The molecule has 2 aromatic carbocycles. The number of nitro groups is 1. The van der Waals surface area contributed by atoms with Gasteiger partial charge in [-0.25, -0.2) is 30.4 Å². The maximum atomic E-state index is 13.8. The van der Waals surface area contributed by atoms with Gasteiger partial charge in [-0.05, 0) is 12.1 Å². The molecule has 0 bridgehead atoms. The Bertz CT molecular complexity index is 1100. The second-order valence-electron chi connectivity index (χ2n) is 5.24. The van der Waals surface area contributed by atoms with Crippen molar-refractivity contribution < 1.29 is 44.8 Å². The highest BCUT2D eigenvalue weighted by atomic mass is 32.2. The first kappa shape index (κ1) is 22.1. The quantitative estimate of drug-likeness (QED) is 0.225. The first-order valence-electron chi connectivity index (χ1n) is 7.32. The van der Waals surface area contributed by atoms with Crippen molar-refractivity contribution in [1.82, 2.24) is 0 Å². The van der Waals surface area contributed by atoms with E-state index in [-0.39, 0.29) is 17.6 Å². The summed E-state index contributed by atoms with van der Waals surface area (Å²) in [6.45, 7) is 0. The molecule has 0 spiro atoms. The van der Waals surface area contributed by atoms with Crippen LogP contribution in [0.4, 0.5) is 22.0 Å². The van der Waals surface area contributed by atoms with Crippen molar-refractivity contribution in [2.45, 2.75) is 4.90 Å². The summed E-state index contributed by atoms with van der Waals surface area (Å²) < 4.78 is 102. The molecule has 0 aliphatic carbocycles. The van der Waals surface area contributed by atoms with Crippen LogP contribution in [0.5, 0.6) is 11.5 Å². The Balaban J connectivity index is 2.78. The molecular weight excluding hydrogens is 429 g/mol. The summed E-state index contributed by atoms with van der Waals surface area (Å²) in [6, 6.07) is 2.78. The Kier molecular flexibility index (Phi) is 6.11. The Morgan fingerprint density at radius 1 is 0.931 bits per heavy atom. The number of halogens is 5. The van der Waals surface area contributed by atoms with Crippen molar-refractivity contribution in [3.8, 4) is 11.5 Å². The molecule has 7 nitrogen and oxygen atoms in total. The van der Waals surface area contributed by atoms with Gasteiger partial charge in [0.05, 0.1) is 29.6 Å². The van der Waals surface area contributed by atoms with Gasteiger partial charge in [-0.15, -0.1) is 0 Å². The number of methoxy groups -OCH3 is 2. The second kappa shape index (κ2) is 8.03. The molecular formula is C16H10F5NO6S. The van der Waals surface area contributed by atoms with E-state index in [9.17, 15) is 40.5 Å². The van der Waals surface area contributed by atoms with Gasteiger partial charge >= 0.3 is 5.03 Å². The number of benzene rings is 2. The fourth-order valence-corrected chi connectivity index (χ4v) is 3.43. The van der Waals surface area contributed by atoms with Crippen LogP contribution in [0.1, 0.15) is 5.56 Å². The van der Waals surface area contributed by atoms with Crippen molar-refractivity contribution in [2.75, 3.05) is 14.2 Å². The molecule has 0 saturated carbocycles. The van der Waals surface area contributed by atoms with E-state index in [1.54, 1.807) is 0 Å². The van der Waals surface area contributed by atoms with Gasteiger partial charge in [-0.3, -0.25) is 10.1 Å². The zero-order valence-electron chi connectivity index (χ0n) is 14.5. The standard InChI is InChI=1S/C16H10F5NO6S/c1-27-9-4-3-7(5-10(9)28-2)29(25,26)11(22(23)24)6-8-12(17)14(19)16(21)15(20)13(8)18/h3-6H,1-2H3. The molecule has 0 fully saturated rings. The van der Waals surface area contributed by atoms with Crippen LogP contribution in [0.15, 0.2) is 28.1 Å². The monoisotopic (exact) mass is 439 g/mol. The highest BCUT2D eigenvalue weighted by Crippen LogP contribution is 2.33. The SMILES string of the molecule is COc1ccc(S(=O)(=O)C(=Cc2c(F)c(F)c(F)c(F)c2F)[N+](=O)[O-])cc1OC. The van der Waals surface area contributed by atoms with E-state index >= 15 is 0 Å². The zero-order valence-corrected chi connectivity index (χ0v) is 15.3. The number of nitrogens with zero attached hydrogens (tertiary/aromatic N) is 1. The van der Waals surface area contributed by atoms with Crippen LogP contribution in [-0.2, 0) is 9.84 Å². The van der Waals surface area contributed by atoms with Gasteiger partial charge in [0.2, 0.25) is 5.82 Å². The zero-order chi connectivity index (χ0) is 22.1. The minimum absolute atomic E-state index is 0.0675. The summed E-state index contributed by atoms with van der Waals surface area (Å²) in [6.07, 6.45) is -0.248. The van der Waals surface area contributed by atoms with E-state index in [1.165, 1.54) is 7.11 Å². The van der Waals surface area contributed by atoms with E-state index in [2.05, 4.69) is 0 Å². The van der Waals surface area contributed by atoms with Crippen LogP contribution in [-0.4, -0.2) is 27.6 Å². The maximum absolute atomic E-state index is 13.8. The summed E-state index contributed by atoms with van der Waals surface area (Å²) in [4.78, 5) is 8.97. The van der Waals surface area contributed by atoms with Gasteiger partial charge in [0.25, 0.3) is 9.84 Å². The minimum atomic E-state index is -5.07. The number of ether oxygens (including phenoxy) is 2. The topological polar surface area (TPSA) is 95.7 Å². The Morgan fingerprint density at radius 2 is 1.41 bits per heavy atom. The lowest BCUT2D eigenvalue weighted by molar-refractivity contribution is -0.410. The molecule has 0 aromatic heterocycles. The molecule has 0 amide bonds. The van der Waals surface area contributed by atoms with Crippen LogP contribution in [0.3, 0.4) is 0 Å². The highest BCUT2D eigenvalue weighted by Gasteiger charge is 2.35. The lowest BCUT2D eigenvalue weighted by Gasteiger charge is -2.09. The van der Waals surface area contributed by atoms with Crippen molar-refractivity contribution >= 4 is 15.9 Å². The van der Waals surface area contributed by atoms with Crippen LogP contribution in [0.2, 0.25) is 0 Å². The van der Waals surface area contributed by atoms with Gasteiger partial charge in [0.15, 0.2) is 34.8 Å². The summed E-state index contributed by atoms with van der Waals surface area (Å²) in [5, 5.41) is 9.43. The lowest BCUT2D eigenvalue weighted by atomic mass is 10.1. The van der Waals surface area contributed by atoms with Crippen LogP contribution < -0.4 is 9.47 Å². The molecule has 0 unspecified atom stereocenters. The van der Waals surface area contributed by atoms with Gasteiger partial charge in [0.1, 0.15) is 0 Å².